The van der Waals surface area contributed by atoms with Gasteiger partial charge >= 0.3 is 0 Å². The van der Waals surface area contributed by atoms with Gasteiger partial charge in [-0.15, -0.1) is 0 Å². The minimum Gasteiger partial charge on any atom is -0.317 e. The number of nitrogens with one attached hydrogen (secondary N) is 1. The van der Waals surface area contributed by atoms with Gasteiger partial charge in [0.25, 0.3) is 5.69 Å². The fourth-order valence-electron chi connectivity index (χ4n) is 2.68. The summed E-state index contributed by atoms with van der Waals surface area (Å²) in [5, 5.41) is 15.3. The van der Waals surface area contributed by atoms with Gasteiger partial charge in [-0.05, 0) is 37.4 Å². The first-order valence-corrected chi connectivity index (χ1v) is 7.21. The smallest absolute Gasteiger partial charge is 0.295 e. The maximum atomic E-state index is 11.1. The molecule has 0 aliphatic heterocycles. The van der Waals surface area contributed by atoms with Gasteiger partial charge in [-0.3, -0.25) is 10.1 Å². The van der Waals surface area contributed by atoms with Crippen LogP contribution < -0.4 is 5.32 Å². The standard InChI is InChI=1S/C16H21N3O2/c1-11(2)9-13(17-3)10-12-6-7-15(19(20)21)16-14(12)5-4-8-18-16/h4-8,11,13,17H,9-10H2,1-3H3. The topological polar surface area (TPSA) is 68.1 Å². The molecule has 0 aliphatic carbocycles. The van der Waals surface area contributed by atoms with Gasteiger partial charge < -0.3 is 5.32 Å². The van der Waals surface area contributed by atoms with Crippen LogP contribution in [0.5, 0.6) is 0 Å². The predicted molar refractivity (Wildman–Crippen MR) is 84.4 cm³/mol. The van der Waals surface area contributed by atoms with E-state index in [0.29, 0.717) is 17.5 Å². The van der Waals surface area contributed by atoms with Crippen LogP contribution in [-0.2, 0) is 6.42 Å². The van der Waals surface area contributed by atoms with Crippen LogP contribution in [0.15, 0.2) is 30.5 Å². The fourth-order valence-corrected chi connectivity index (χ4v) is 2.68. The molecule has 2 aromatic rings. The average Bonchev–Trinajstić information content (AvgIpc) is 2.46. The number of nitrogens with zero attached hydrogens (tertiary/aromatic N) is 2. The first-order chi connectivity index (χ1) is 10.0. The van der Waals surface area contributed by atoms with Crippen molar-refractivity contribution in [3.05, 3.63) is 46.1 Å². The number of pyridine rings is 1. The van der Waals surface area contributed by atoms with Crippen LogP contribution in [0.1, 0.15) is 25.8 Å². The summed E-state index contributed by atoms with van der Waals surface area (Å²) in [5.74, 6) is 0.602. The van der Waals surface area contributed by atoms with E-state index in [-0.39, 0.29) is 10.6 Å². The zero-order chi connectivity index (χ0) is 15.4. The molecule has 2 rings (SSSR count). The third-order valence-electron chi connectivity index (χ3n) is 3.67. The molecule has 5 heteroatoms. The molecule has 0 spiro atoms. The van der Waals surface area contributed by atoms with E-state index in [1.165, 1.54) is 0 Å². The molecule has 112 valence electrons. The number of nitro benzene ring substituents is 1. The summed E-state index contributed by atoms with van der Waals surface area (Å²) in [6, 6.07) is 7.51. The number of hydrogen-bond donors (Lipinski definition) is 1. The summed E-state index contributed by atoms with van der Waals surface area (Å²) < 4.78 is 0. The van der Waals surface area contributed by atoms with E-state index in [0.717, 1.165) is 23.8 Å². The number of rotatable bonds is 6. The van der Waals surface area contributed by atoms with Crippen molar-refractivity contribution >= 4 is 16.6 Å². The Morgan fingerprint density at radius 2 is 2.10 bits per heavy atom. The average molecular weight is 287 g/mol. The van der Waals surface area contributed by atoms with Crippen molar-refractivity contribution in [1.29, 1.82) is 0 Å². The number of likely N-dealkylation sites (N-methyl/N-ethyl adjacent to an activating group) is 1. The second-order valence-electron chi connectivity index (χ2n) is 5.72. The first-order valence-electron chi connectivity index (χ1n) is 7.21. The Morgan fingerprint density at radius 1 is 1.33 bits per heavy atom. The molecular formula is C16H21N3O2. The Morgan fingerprint density at radius 3 is 2.71 bits per heavy atom. The van der Waals surface area contributed by atoms with Gasteiger partial charge in [-0.25, -0.2) is 4.98 Å². The first kappa shape index (κ1) is 15.4. The van der Waals surface area contributed by atoms with Crippen molar-refractivity contribution in [2.45, 2.75) is 32.7 Å². The third-order valence-corrected chi connectivity index (χ3v) is 3.67. The molecule has 1 heterocycles. The summed E-state index contributed by atoms with van der Waals surface area (Å²) >= 11 is 0. The van der Waals surface area contributed by atoms with Crippen molar-refractivity contribution < 1.29 is 4.92 Å². The molecule has 1 aromatic carbocycles. The van der Waals surface area contributed by atoms with E-state index >= 15 is 0 Å². The number of fused-ring (bicyclic) bond motifs is 1. The molecule has 0 aliphatic rings. The van der Waals surface area contributed by atoms with Gasteiger partial charge in [0.1, 0.15) is 5.52 Å². The summed E-state index contributed by atoms with van der Waals surface area (Å²) in [6.07, 6.45) is 3.51. The lowest BCUT2D eigenvalue weighted by Crippen LogP contribution is -2.29. The highest BCUT2D eigenvalue weighted by atomic mass is 16.6. The highest BCUT2D eigenvalue weighted by Gasteiger charge is 2.17. The van der Waals surface area contributed by atoms with Crippen molar-refractivity contribution in [3.8, 4) is 0 Å². The summed E-state index contributed by atoms with van der Waals surface area (Å²) in [5.41, 5.74) is 1.64. The van der Waals surface area contributed by atoms with Crippen molar-refractivity contribution in [3.63, 3.8) is 0 Å². The second kappa shape index (κ2) is 6.63. The molecule has 0 fully saturated rings. The Bertz CT molecular complexity index is 640. The van der Waals surface area contributed by atoms with Crippen LogP contribution in [-0.4, -0.2) is 23.0 Å². The maximum absolute atomic E-state index is 11.1. The lowest BCUT2D eigenvalue weighted by atomic mass is 9.95. The van der Waals surface area contributed by atoms with Gasteiger partial charge in [0.15, 0.2) is 0 Å². The number of nitro groups is 1. The predicted octanol–water partition coefficient (Wildman–Crippen LogP) is 3.32. The quantitative estimate of drug-likeness (QED) is 0.653. The van der Waals surface area contributed by atoms with Crippen molar-refractivity contribution in [1.82, 2.24) is 10.3 Å². The lowest BCUT2D eigenvalue weighted by molar-refractivity contribution is -0.383. The van der Waals surface area contributed by atoms with Crippen LogP contribution in [0, 0.1) is 16.0 Å². The van der Waals surface area contributed by atoms with E-state index in [4.69, 9.17) is 0 Å². The maximum Gasteiger partial charge on any atom is 0.295 e. The second-order valence-corrected chi connectivity index (χ2v) is 5.72. The SMILES string of the molecule is CNC(Cc1ccc([N+](=O)[O-])c2ncccc12)CC(C)C. The Balaban J connectivity index is 2.41. The summed E-state index contributed by atoms with van der Waals surface area (Å²) in [4.78, 5) is 14.9. The van der Waals surface area contributed by atoms with E-state index < -0.39 is 0 Å². The Hall–Kier alpha value is -2.01. The molecular weight excluding hydrogens is 266 g/mol. The van der Waals surface area contributed by atoms with Crippen LogP contribution in [0.2, 0.25) is 0 Å². The molecule has 1 atom stereocenters. The van der Waals surface area contributed by atoms with E-state index in [9.17, 15) is 10.1 Å². The van der Waals surface area contributed by atoms with Gasteiger partial charge in [0, 0.05) is 23.7 Å². The molecule has 0 bridgehead atoms. The molecule has 1 unspecified atom stereocenters. The molecule has 1 aromatic heterocycles. The minimum atomic E-state index is -0.372. The molecule has 1 N–H and O–H groups in total. The number of hydrogen-bond acceptors (Lipinski definition) is 4. The van der Waals surface area contributed by atoms with Gasteiger partial charge in [-0.1, -0.05) is 26.0 Å². The van der Waals surface area contributed by atoms with Gasteiger partial charge in [-0.2, -0.15) is 0 Å². The summed E-state index contributed by atoms with van der Waals surface area (Å²) in [6.45, 7) is 4.39. The number of non-ortho nitro benzene ring substituents is 1. The normalized spacial score (nSPS) is 12.8. The van der Waals surface area contributed by atoms with Crippen LogP contribution >= 0.6 is 0 Å². The molecule has 0 amide bonds. The zero-order valence-corrected chi connectivity index (χ0v) is 12.7. The molecule has 21 heavy (non-hydrogen) atoms. The van der Waals surface area contributed by atoms with Crippen LogP contribution in [0.4, 0.5) is 5.69 Å². The summed E-state index contributed by atoms with van der Waals surface area (Å²) in [7, 11) is 1.96. The molecule has 0 radical (unpaired) electrons. The van der Waals surface area contributed by atoms with E-state index in [1.807, 2.05) is 25.2 Å². The van der Waals surface area contributed by atoms with Crippen LogP contribution in [0.3, 0.4) is 0 Å². The molecule has 5 nitrogen and oxygen atoms in total. The zero-order valence-electron chi connectivity index (χ0n) is 12.7. The van der Waals surface area contributed by atoms with E-state index in [1.54, 1.807) is 12.3 Å². The lowest BCUT2D eigenvalue weighted by Gasteiger charge is -2.19. The van der Waals surface area contributed by atoms with Gasteiger partial charge in [0.05, 0.1) is 4.92 Å². The van der Waals surface area contributed by atoms with E-state index in [2.05, 4.69) is 24.1 Å². The number of aromatic nitrogens is 1. The minimum absolute atomic E-state index is 0.0687. The van der Waals surface area contributed by atoms with Gasteiger partial charge in [0.2, 0.25) is 0 Å². The largest absolute Gasteiger partial charge is 0.317 e. The Kier molecular flexibility index (Phi) is 4.85. The highest BCUT2D eigenvalue weighted by molar-refractivity contribution is 5.89. The highest BCUT2D eigenvalue weighted by Crippen LogP contribution is 2.27. The molecule has 0 saturated heterocycles. The Labute approximate surface area is 124 Å². The number of benzene rings is 1. The van der Waals surface area contributed by atoms with Crippen LogP contribution in [0.25, 0.3) is 10.9 Å². The van der Waals surface area contributed by atoms with Crippen molar-refractivity contribution in [2.24, 2.45) is 5.92 Å². The monoisotopic (exact) mass is 287 g/mol. The molecule has 0 saturated carbocycles. The third kappa shape index (κ3) is 3.55. The van der Waals surface area contributed by atoms with Crippen molar-refractivity contribution in [2.75, 3.05) is 7.05 Å². The fraction of sp³-hybridized carbons (Fsp3) is 0.438.